The number of aliphatic imine (C=N–C) groups is 2. The molecule has 6 heteroatoms. The molecule has 2 nitrogen and oxygen atoms in total. The molecule has 0 saturated heterocycles. The van der Waals surface area contributed by atoms with Crippen molar-refractivity contribution in [1.29, 1.82) is 0 Å². The van der Waals surface area contributed by atoms with Crippen molar-refractivity contribution in [1.82, 2.24) is 0 Å². The molecule has 0 atom stereocenters. The van der Waals surface area contributed by atoms with E-state index in [4.69, 9.17) is 46.4 Å². The summed E-state index contributed by atoms with van der Waals surface area (Å²) < 4.78 is 0. The van der Waals surface area contributed by atoms with Gasteiger partial charge < -0.3 is 0 Å². The van der Waals surface area contributed by atoms with Gasteiger partial charge in [-0.25, -0.2) is 0 Å². The van der Waals surface area contributed by atoms with Gasteiger partial charge in [-0.05, 0) is 36.4 Å². The zero-order valence-electron chi connectivity index (χ0n) is 15.5. The summed E-state index contributed by atoms with van der Waals surface area (Å²) in [5, 5.41) is 4.25. The second-order valence-corrected chi connectivity index (χ2v) is 8.18. The lowest BCUT2D eigenvalue weighted by molar-refractivity contribution is 1.53. The van der Waals surface area contributed by atoms with Crippen LogP contribution < -0.4 is 0 Å². The third-order valence-corrected chi connectivity index (χ3v) is 5.61. The SMILES string of the molecule is Clc1ccc(C=Nc2cccc3c(N=Cc4ccc(Cl)cc4Cl)cccc23)c(Cl)c1. The molecule has 0 bridgehead atoms. The minimum absolute atomic E-state index is 0.552. The molecule has 0 unspecified atom stereocenters. The second-order valence-electron chi connectivity index (χ2n) is 6.50. The maximum Gasteiger partial charge on any atom is 0.0709 e. The summed E-state index contributed by atoms with van der Waals surface area (Å²) in [5.41, 5.74) is 3.23. The number of nitrogens with zero attached hydrogens (tertiary/aromatic N) is 2. The van der Waals surface area contributed by atoms with Gasteiger partial charge in [-0.1, -0.05) is 82.8 Å². The maximum atomic E-state index is 6.25. The molecule has 0 fully saturated rings. The van der Waals surface area contributed by atoms with Gasteiger partial charge in [0.15, 0.2) is 0 Å². The quantitative estimate of drug-likeness (QED) is 0.265. The number of hydrogen-bond acceptors (Lipinski definition) is 2. The Hall–Kier alpha value is -2.36. The van der Waals surface area contributed by atoms with Gasteiger partial charge in [-0.15, -0.1) is 0 Å². The smallest absolute Gasteiger partial charge is 0.0709 e. The van der Waals surface area contributed by atoms with E-state index >= 15 is 0 Å². The lowest BCUT2D eigenvalue weighted by Gasteiger charge is -2.06. The van der Waals surface area contributed by atoms with E-state index in [0.717, 1.165) is 33.3 Å². The topological polar surface area (TPSA) is 24.7 Å². The highest BCUT2D eigenvalue weighted by Crippen LogP contribution is 2.33. The van der Waals surface area contributed by atoms with Crippen molar-refractivity contribution in [2.45, 2.75) is 0 Å². The molecular formula is C24H14Cl4N2. The van der Waals surface area contributed by atoms with Gasteiger partial charge in [0, 0.05) is 44.4 Å². The molecule has 0 aliphatic carbocycles. The minimum atomic E-state index is 0.552. The van der Waals surface area contributed by atoms with Crippen molar-refractivity contribution in [2.24, 2.45) is 9.98 Å². The van der Waals surface area contributed by atoms with E-state index in [9.17, 15) is 0 Å². The van der Waals surface area contributed by atoms with Crippen LogP contribution in [0.5, 0.6) is 0 Å². The Labute approximate surface area is 194 Å². The number of rotatable bonds is 4. The summed E-state index contributed by atoms with van der Waals surface area (Å²) in [7, 11) is 0. The Balaban J connectivity index is 1.71. The van der Waals surface area contributed by atoms with E-state index in [1.54, 1.807) is 36.7 Å². The Morgan fingerprint density at radius 3 is 1.37 bits per heavy atom. The van der Waals surface area contributed by atoms with Crippen LogP contribution in [-0.2, 0) is 0 Å². The third kappa shape index (κ3) is 4.69. The largest absolute Gasteiger partial charge is 0.256 e. The van der Waals surface area contributed by atoms with Crippen LogP contribution in [0, 0.1) is 0 Å². The molecule has 0 amide bonds. The molecule has 0 N–H and O–H groups in total. The first-order chi connectivity index (χ1) is 14.5. The van der Waals surface area contributed by atoms with Crippen molar-refractivity contribution < 1.29 is 0 Å². The molecule has 148 valence electrons. The second kappa shape index (κ2) is 9.20. The minimum Gasteiger partial charge on any atom is -0.256 e. The van der Waals surface area contributed by atoms with Gasteiger partial charge in [-0.2, -0.15) is 0 Å². The number of hydrogen-bond donors (Lipinski definition) is 0. The standard InChI is InChI=1S/C24H14Cl4N2/c25-17-9-7-15(21(27)11-17)13-29-23-5-1-3-19-20(23)4-2-6-24(19)30-14-16-8-10-18(26)12-22(16)28/h1-14H. The molecular weight excluding hydrogens is 458 g/mol. The van der Waals surface area contributed by atoms with Crippen molar-refractivity contribution in [3.05, 3.63) is 104 Å². The molecule has 4 aromatic carbocycles. The Bertz CT molecular complexity index is 1200. The highest BCUT2D eigenvalue weighted by Gasteiger charge is 2.05. The van der Waals surface area contributed by atoms with E-state index in [1.165, 1.54) is 0 Å². The van der Waals surface area contributed by atoms with Gasteiger partial charge in [0.1, 0.15) is 0 Å². The number of halogens is 4. The van der Waals surface area contributed by atoms with E-state index in [2.05, 4.69) is 9.98 Å². The zero-order chi connectivity index (χ0) is 21.1. The Morgan fingerprint density at radius 2 is 0.967 bits per heavy atom. The average Bonchev–Trinajstić information content (AvgIpc) is 2.72. The van der Waals surface area contributed by atoms with Crippen LogP contribution in [0.4, 0.5) is 11.4 Å². The molecule has 0 spiro atoms. The van der Waals surface area contributed by atoms with Crippen molar-refractivity contribution in [3.8, 4) is 0 Å². The molecule has 0 radical (unpaired) electrons. The van der Waals surface area contributed by atoms with Gasteiger partial charge in [0.2, 0.25) is 0 Å². The van der Waals surface area contributed by atoms with Crippen molar-refractivity contribution in [2.75, 3.05) is 0 Å². The molecule has 0 heterocycles. The van der Waals surface area contributed by atoms with E-state index in [0.29, 0.717) is 20.1 Å². The molecule has 30 heavy (non-hydrogen) atoms. The number of fused-ring (bicyclic) bond motifs is 1. The first kappa shape index (κ1) is 20.9. The molecule has 4 aromatic rings. The summed E-state index contributed by atoms with van der Waals surface area (Å²) in [5.74, 6) is 0. The summed E-state index contributed by atoms with van der Waals surface area (Å²) >= 11 is 24.4. The van der Waals surface area contributed by atoms with Crippen LogP contribution in [0.1, 0.15) is 11.1 Å². The fourth-order valence-corrected chi connectivity index (χ4v) is 3.91. The third-order valence-electron chi connectivity index (χ3n) is 4.49. The Kier molecular flexibility index (Phi) is 6.40. The predicted molar refractivity (Wildman–Crippen MR) is 131 cm³/mol. The first-order valence-electron chi connectivity index (χ1n) is 9.01. The maximum absolute atomic E-state index is 6.25. The molecule has 0 aliphatic heterocycles. The highest BCUT2D eigenvalue weighted by molar-refractivity contribution is 6.36. The lowest BCUT2D eigenvalue weighted by atomic mass is 10.1. The predicted octanol–water partition coefficient (Wildman–Crippen LogP) is 8.95. The van der Waals surface area contributed by atoms with Crippen LogP contribution >= 0.6 is 46.4 Å². The van der Waals surface area contributed by atoms with Crippen LogP contribution in [0.15, 0.2) is 82.8 Å². The summed E-state index contributed by atoms with van der Waals surface area (Å²) in [6.07, 6.45) is 3.47. The van der Waals surface area contributed by atoms with Gasteiger partial charge >= 0.3 is 0 Å². The van der Waals surface area contributed by atoms with Gasteiger partial charge in [0.05, 0.1) is 21.4 Å². The van der Waals surface area contributed by atoms with Crippen molar-refractivity contribution >= 4 is 81.0 Å². The van der Waals surface area contributed by atoms with Crippen LogP contribution in [0.2, 0.25) is 20.1 Å². The fourth-order valence-electron chi connectivity index (χ4n) is 2.99. The van der Waals surface area contributed by atoms with Crippen molar-refractivity contribution in [3.63, 3.8) is 0 Å². The average molecular weight is 472 g/mol. The van der Waals surface area contributed by atoms with E-state index < -0.39 is 0 Å². The highest BCUT2D eigenvalue weighted by atomic mass is 35.5. The molecule has 4 rings (SSSR count). The lowest BCUT2D eigenvalue weighted by Crippen LogP contribution is -1.84. The van der Waals surface area contributed by atoms with Crippen LogP contribution in [0.3, 0.4) is 0 Å². The van der Waals surface area contributed by atoms with E-state index in [1.807, 2.05) is 48.5 Å². The molecule has 0 aliphatic rings. The number of benzene rings is 4. The summed E-state index contributed by atoms with van der Waals surface area (Å²) in [4.78, 5) is 9.28. The van der Waals surface area contributed by atoms with Crippen LogP contribution in [-0.4, -0.2) is 12.4 Å². The first-order valence-corrected chi connectivity index (χ1v) is 10.5. The zero-order valence-corrected chi connectivity index (χ0v) is 18.5. The summed E-state index contributed by atoms with van der Waals surface area (Å²) in [6.45, 7) is 0. The summed E-state index contributed by atoms with van der Waals surface area (Å²) in [6, 6.07) is 22.5. The normalized spacial score (nSPS) is 11.7. The monoisotopic (exact) mass is 470 g/mol. The molecule has 0 saturated carbocycles. The molecule has 0 aromatic heterocycles. The fraction of sp³-hybridized carbons (Fsp3) is 0. The van der Waals surface area contributed by atoms with Gasteiger partial charge in [-0.3, -0.25) is 9.98 Å². The Morgan fingerprint density at radius 1 is 0.533 bits per heavy atom. The van der Waals surface area contributed by atoms with Gasteiger partial charge in [0.25, 0.3) is 0 Å². The van der Waals surface area contributed by atoms with E-state index in [-0.39, 0.29) is 0 Å². The van der Waals surface area contributed by atoms with Crippen LogP contribution in [0.25, 0.3) is 10.8 Å².